The van der Waals surface area contributed by atoms with Gasteiger partial charge < -0.3 is 30.5 Å². The van der Waals surface area contributed by atoms with Crippen molar-refractivity contribution in [3.8, 4) is 5.75 Å². The maximum atomic E-state index is 13.5. The summed E-state index contributed by atoms with van der Waals surface area (Å²) in [5.41, 5.74) is 7.48. The summed E-state index contributed by atoms with van der Waals surface area (Å²) in [6, 6.07) is 5.19. The van der Waals surface area contributed by atoms with E-state index in [-0.39, 0.29) is 42.3 Å². The van der Waals surface area contributed by atoms with Gasteiger partial charge >= 0.3 is 5.97 Å². The van der Waals surface area contributed by atoms with Crippen molar-refractivity contribution in [1.29, 1.82) is 0 Å². The Hall–Kier alpha value is -3.02. The molecule has 0 spiro atoms. The van der Waals surface area contributed by atoms with Crippen LogP contribution in [0.3, 0.4) is 0 Å². The average molecular weight is 687 g/mol. The zero-order valence-corrected chi connectivity index (χ0v) is 30.7. The maximum Gasteiger partial charge on any atom is 0.311 e. The van der Waals surface area contributed by atoms with Gasteiger partial charge in [-0.3, -0.25) is 14.4 Å². The number of carbonyl (C=O) groups excluding carboxylic acids is 2. The smallest absolute Gasteiger partial charge is 0.311 e. The van der Waals surface area contributed by atoms with Crippen LogP contribution in [0.5, 0.6) is 5.75 Å². The summed E-state index contributed by atoms with van der Waals surface area (Å²) in [6.07, 6.45) is 5.93. The van der Waals surface area contributed by atoms with Crippen LogP contribution >= 0.6 is 11.3 Å². The summed E-state index contributed by atoms with van der Waals surface area (Å²) in [7, 11) is 0. The number of thiazole rings is 1. The van der Waals surface area contributed by atoms with E-state index >= 15 is 0 Å². The van der Waals surface area contributed by atoms with Gasteiger partial charge in [0.25, 0.3) is 5.91 Å². The van der Waals surface area contributed by atoms with Crippen LogP contribution < -0.4 is 15.8 Å². The second-order valence-corrected chi connectivity index (χ2v) is 14.4. The highest BCUT2D eigenvalue weighted by Gasteiger charge is 2.34. The number of hydrogen-bond acceptors (Lipinski definition) is 8. The number of hydrogen-bond donors (Lipinski definition) is 3. The van der Waals surface area contributed by atoms with Gasteiger partial charge in [0.05, 0.1) is 12.5 Å². The van der Waals surface area contributed by atoms with Crippen molar-refractivity contribution < 1.29 is 29.0 Å². The van der Waals surface area contributed by atoms with Crippen LogP contribution in [0.4, 0.5) is 0 Å². The minimum Gasteiger partial charge on any atom is -0.494 e. The highest BCUT2D eigenvalue weighted by molar-refractivity contribution is 7.09. The maximum absolute atomic E-state index is 13.5. The quantitative estimate of drug-likeness (QED) is 0.123. The molecule has 1 aliphatic carbocycles. The molecule has 48 heavy (non-hydrogen) atoms. The molecule has 0 saturated heterocycles. The Kier molecular flexibility index (Phi) is 16.3. The highest BCUT2D eigenvalue weighted by atomic mass is 32.1. The van der Waals surface area contributed by atoms with Gasteiger partial charge in [-0.2, -0.15) is 0 Å². The average Bonchev–Trinajstić information content (AvgIpc) is 3.56. The number of unbranched alkanes of at least 4 members (excludes halogenated alkanes) is 1. The van der Waals surface area contributed by atoms with E-state index in [4.69, 9.17) is 20.2 Å². The lowest BCUT2D eigenvalue weighted by molar-refractivity contribution is -0.139. The number of nitrogens with one attached hydrogen (secondary N) is 1. The van der Waals surface area contributed by atoms with Crippen LogP contribution in [-0.4, -0.2) is 71.2 Å². The fourth-order valence-corrected chi connectivity index (χ4v) is 7.13. The molecule has 2 aromatic rings. The van der Waals surface area contributed by atoms with Gasteiger partial charge in [0.1, 0.15) is 22.6 Å². The van der Waals surface area contributed by atoms with E-state index in [0.29, 0.717) is 67.9 Å². The minimum atomic E-state index is -0.929. The standard InChI is InChI=1S/C37H58N4O6S/c1-7-15-41(34(42)18-25(6)9-3)32(24(4)5)22-33(47-16-8-2)36-40-31(23-48-36)35(43)39-27-19-26-12-13-28(46-17-11-10-14-38)21-29(26)30(20-27)37(44)45/h12-13,21,23-25,27,30,32-33H,7-11,14-20,22,38H2,1-6H3,(H,39,43)(H,44,45)/t25-,27-,30+,32?,33+/m0/s1. The predicted molar refractivity (Wildman–Crippen MR) is 191 cm³/mol. The first-order valence-electron chi connectivity index (χ1n) is 17.9. The van der Waals surface area contributed by atoms with Crippen LogP contribution in [-0.2, 0) is 20.7 Å². The normalized spacial score (nSPS) is 17.8. The molecular weight excluding hydrogens is 628 g/mol. The molecule has 1 aromatic carbocycles. The molecule has 1 unspecified atom stereocenters. The summed E-state index contributed by atoms with van der Waals surface area (Å²) in [6.45, 7) is 15.0. The molecule has 10 nitrogen and oxygen atoms in total. The Morgan fingerprint density at radius 1 is 1.12 bits per heavy atom. The molecule has 2 amide bonds. The van der Waals surface area contributed by atoms with E-state index in [1.165, 1.54) is 11.3 Å². The van der Waals surface area contributed by atoms with Gasteiger partial charge in [-0.25, -0.2) is 4.98 Å². The number of aliphatic carboxylic acids is 1. The van der Waals surface area contributed by atoms with E-state index in [0.717, 1.165) is 43.2 Å². The van der Waals surface area contributed by atoms with Gasteiger partial charge in [0, 0.05) is 43.5 Å². The first-order valence-corrected chi connectivity index (χ1v) is 18.8. The third-order valence-electron chi connectivity index (χ3n) is 9.16. The molecule has 1 aliphatic rings. The lowest BCUT2D eigenvalue weighted by atomic mass is 9.80. The molecule has 0 bridgehead atoms. The predicted octanol–water partition coefficient (Wildman–Crippen LogP) is 6.73. The summed E-state index contributed by atoms with van der Waals surface area (Å²) in [5.74, 6) is -0.661. The van der Waals surface area contributed by atoms with Gasteiger partial charge in [0.15, 0.2) is 0 Å². The fraction of sp³-hybridized carbons (Fsp3) is 0.676. The Labute approximate surface area is 291 Å². The Morgan fingerprint density at radius 3 is 2.54 bits per heavy atom. The van der Waals surface area contributed by atoms with Crippen LogP contribution in [0, 0.1) is 11.8 Å². The first kappa shape index (κ1) is 39.4. The Bertz CT molecular complexity index is 1320. The number of fused-ring (bicyclic) bond motifs is 1. The van der Waals surface area contributed by atoms with Crippen LogP contribution in [0.2, 0.25) is 0 Å². The molecular formula is C37H58N4O6S. The number of nitrogens with two attached hydrogens (primary N) is 1. The summed E-state index contributed by atoms with van der Waals surface area (Å²) in [5, 5.41) is 15.6. The van der Waals surface area contributed by atoms with Gasteiger partial charge in [0.2, 0.25) is 5.91 Å². The largest absolute Gasteiger partial charge is 0.494 e. The summed E-state index contributed by atoms with van der Waals surface area (Å²) >= 11 is 1.39. The van der Waals surface area contributed by atoms with E-state index in [1.807, 2.05) is 23.1 Å². The molecule has 4 N–H and O–H groups in total. The number of carboxylic acid groups (broad SMARTS) is 1. The lowest BCUT2D eigenvalue weighted by Crippen LogP contribution is -2.45. The zero-order valence-electron chi connectivity index (χ0n) is 29.8. The first-order chi connectivity index (χ1) is 23.0. The van der Waals surface area contributed by atoms with Crippen molar-refractivity contribution >= 4 is 29.1 Å². The third-order valence-corrected chi connectivity index (χ3v) is 10.1. The second kappa shape index (κ2) is 19.8. The number of ether oxygens (including phenoxy) is 2. The molecule has 0 saturated carbocycles. The molecule has 0 aliphatic heterocycles. The van der Waals surface area contributed by atoms with E-state index in [9.17, 15) is 19.5 Å². The molecule has 0 fully saturated rings. The number of carboxylic acids is 1. The molecule has 11 heteroatoms. The number of nitrogens with zero attached hydrogens (tertiary/aromatic N) is 2. The highest BCUT2D eigenvalue weighted by Crippen LogP contribution is 2.35. The van der Waals surface area contributed by atoms with E-state index in [1.54, 1.807) is 5.38 Å². The molecule has 0 radical (unpaired) electrons. The Balaban J connectivity index is 1.75. The van der Waals surface area contributed by atoms with Gasteiger partial charge in [-0.15, -0.1) is 11.3 Å². The van der Waals surface area contributed by atoms with Crippen molar-refractivity contribution in [2.24, 2.45) is 17.6 Å². The molecule has 3 rings (SSSR count). The topological polar surface area (TPSA) is 144 Å². The number of aromatic nitrogens is 1. The summed E-state index contributed by atoms with van der Waals surface area (Å²) < 4.78 is 12.2. The van der Waals surface area contributed by atoms with E-state index in [2.05, 4.69) is 46.9 Å². The second-order valence-electron chi connectivity index (χ2n) is 13.5. The fourth-order valence-electron chi connectivity index (χ4n) is 6.27. The third kappa shape index (κ3) is 11.3. The van der Waals surface area contributed by atoms with E-state index < -0.39 is 11.9 Å². The molecule has 268 valence electrons. The number of amides is 2. The molecule has 5 atom stereocenters. The lowest BCUT2D eigenvalue weighted by Gasteiger charge is -2.37. The van der Waals surface area contributed by atoms with Crippen LogP contribution in [0.1, 0.15) is 132 Å². The minimum absolute atomic E-state index is 0.0309. The molecule has 1 heterocycles. The van der Waals surface area contributed by atoms with Crippen molar-refractivity contribution in [2.45, 2.75) is 123 Å². The monoisotopic (exact) mass is 686 g/mol. The van der Waals surface area contributed by atoms with Gasteiger partial charge in [-0.1, -0.05) is 54.0 Å². The van der Waals surface area contributed by atoms with Crippen molar-refractivity contribution in [3.05, 3.63) is 45.4 Å². The summed E-state index contributed by atoms with van der Waals surface area (Å²) in [4.78, 5) is 46.0. The van der Waals surface area contributed by atoms with Crippen molar-refractivity contribution in [3.63, 3.8) is 0 Å². The SMILES string of the molecule is CCCO[C@H](CC(C(C)C)N(CCC)C(=O)C[C@@H](C)CC)c1nc(C(=O)N[C@H]2Cc3ccc(OCCCCN)cc3[C@H](C(=O)O)C2)cs1. The number of rotatable bonds is 21. The van der Waals surface area contributed by atoms with Gasteiger partial charge in [-0.05, 0) is 80.2 Å². The number of carbonyl (C=O) groups is 3. The van der Waals surface area contributed by atoms with Crippen LogP contribution in [0.15, 0.2) is 23.6 Å². The van der Waals surface area contributed by atoms with Crippen molar-refractivity contribution in [1.82, 2.24) is 15.2 Å². The van der Waals surface area contributed by atoms with Crippen LogP contribution in [0.25, 0.3) is 0 Å². The number of benzene rings is 1. The zero-order chi connectivity index (χ0) is 35.2. The molecule has 1 aromatic heterocycles. The van der Waals surface area contributed by atoms with Crippen molar-refractivity contribution in [2.75, 3.05) is 26.3 Å². The Morgan fingerprint density at radius 2 is 1.90 bits per heavy atom.